The van der Waals surface area contributed by atoms with Crippen molar-refractivity contribution in [3.05, 3.63) is 75.5 Å². The third kappa shape index (κ3) is 9.60. The third-order valence-corrected chi connectivity index (χ3v) is 9.06. The Morgan fingerprint density at radius 2 is 1.64 bits per heavy atom. The molecule has 2 N–H and O–H groups in total. The Morgan fingerprint density at radius 1 is 0.978 bits per heavy atom. The van der Waals surface area contributed by atoms with E-state index in [0.29, 0.717) is 63.2 Å². The van der Waals surface area contributed by atoms with Crippen molar-refractivity contribution in [1.82, 2.24) is 4.90 Å². The summed E-state index contributed by atoms with van der Waals surface area (Å²) in [4.78, 5) is 18.5. The van der Waals surface area contributed by atoms with Gasteiger partial charge >= 0.3 is 5.97 Å². The van der Waals surface area contributed by atoms with Crippen LogP contribution < -0.4 is 23.5 Å². The van der Waals surface area contributed by atoms with Crippen molar-refractivity contribution < 1.29 is 42.6 Å². The molecule has 1 saturated carbocycles. The summed E-state index contributed by atoms with van der Waals surface area (Å²) in [6.45, 7) is 1.13. The molecule has 1 aromatic heterocycles. The zero-order valence-electron chi connectivity index (χ0n) is 25.9. The Labute approximate surface area is 274 Å². The van der Waals surface area contributed by atoms with Crippen molar-refractivity contribution in [3.8, 4) is 17.2 Å². The number of sulfonamides is 1. The number of rotatable bonds is 15. The second kappa shape index (κ2) is 15.8. The standard InChI is InChI=1S/C31H37Cl2N3O7S.H2O/c1-35(2)12-13-36(44(5,38)39)26-10-8-22(15-29(26)42-19-20-6-7-20)31(37)43-28(16-23-24(32)17-34-18-25(23)33)21-9-11-27(40-3)30(14-21)41-4;/h8-11,14-15,17-18,20,28H,6-7,12-13,16,19H2,1-5H3;1H2/t28-;/m0./s1. The summed E-state index contributed by atoms with van der Waals surface area (Å²) >= 11 is 12.9. The molecule has 0 saturated heterocycles. The molecular weight excluding hydrogens is 645 g/mol. The lowest BCUT2D eigenvalue weighted by Gasteiger charge is -2.26. The number of carbonyl (C=O) groups excluding carboxylic acids is 1. The number of halogens is 2. The van der Waals surface area contributed by atoms with Crippen LogP contribution in [0.2, 0.25) is 10.0 Å². The van der Waals surface area contributed by atoms with Gasteiger partial charge < -0.3 is 29.3 Å². The number of methoxy groups -OCH3 is 2. The summed E-state index contributed by atoms with van der Waals surface area (Å²) in [5.41, 5.74) is 1.78. The van der Waals surface area contributed by atoms with E-state index < -0.39 is 22.1 Å². The van der Waals surface area contributed by atoms with Crippen LogP contribution >= 0.6 is 23.2 Å². The number of aromatic amines is 1. The predicted octanol–water partition coefficient (Wildman–Crippen LogP) is 4.91. The molecule has 1 atom stereocenters. The normalized spacial score (nSPS) is 13.5. The van der Waals surface area contributed by atoms with Gasteiger partial charge in [0.2, 0.25) is 10.0 Å². The predicted molar refractivity (Wildman–Crippen MR) is 172 cm³/mol. The van der Waals surface area contributed by atoms with Gasteiger partial charge in [0.1, 0.15) is 21.9 Å². The van der Waals surface area contributed by atoms with Crippen LogP contribution in [0.3, 0.4) is 0 Å². The van der Waals surface area contributed by atoms with E-state index in [1.54, 1.807) is 42.7 Å². The van der Waals surface area contributed by atoms with E-state index in [0.717, 1.165) is 19.1 Å². The number of ether oxygens (including phenoxy) is 4. The number of H-pyrrole nitrogens is 1. The van der Waals surface area contributed by atoms with Crippen LogP contribution in [0.4, 0.5) is 5.69 Å². The molecular formula is C31H39Cl2N3O8S. The molecule has 1 fully saturated rings. The average Bonchev–Trinajstić information content (AvgIpc) is 3.81. The van der Waals surface area contributed by atoms with Crippen LogP contribution in [-0.4, -0.2) is 79.0 Å². The molecule has 45 heavy (non-hydrogen) atoms. The second-order valence-corrected chi connectivity index (χ2v) is 13.6. The van der Waals surface area contributed by atoms with E-state index in [2.05, 4.69) is 4.98 Å². The number of benzene rings is 2. The molecule has 1 aliphatic rings. The molecule has 0 bridgehead atoms. The fraction of sp³-hybridized carbons (Fsp3) is 0.419. The number of hydrogen-bond acceptors (Lipinski definition) is 9. The van der Waals surface area contributed by atoms with Crippen molar-refractivity contribution >= 4 is 44.9 Å². The summed E-state index contributed by atoms with van der Waals surface area (Å²) in [5, 5.41) is 0.774. The quantitative estimate of drug-likeness (QED) is 0.205. The van der Waals surface area contributed by atoms with E-state index in [9.17, 15) is 13.2 Å². The van der Waals surface area contributed by atoms with E-state index in [4.69, 9.17) is 42.1 Å². The molecule has 0 amide bonds. The van der Waals surface area contributed by atoms with Gasteiger partial charge in [-0.3, -0.25) is 4.31 Å². The number of aromatic nitrogens is 1. The van der Waals surface area contributed by atoms with Gasteiger partial charge in [0.05, 0.1) is 38.3 Å². The number of carbonyl (C=O) groups is 1. The van der Waals surface area contributed by atoms with Crippen LogP contribution in [0.25, 0.3) is 0 Å². The zero-order chi connectivity index (χ0) is 32.0. The maximum absolute atomic E-state index is 13.7. The highest BCUT2D eigenvalue weighted by Gasteiger charge is 2.28. The Kier molecular flexibility index (Phi) is 12.7. The number of anilines is 1. The summed E-state index contributed by atoms with van der Waals surface area (Å²) < 4.78 is 50.0. The Morgan fingerprint density at radius 3 is 2.22 bits per heavy atom. The summed E-state index contributed by atoms with van der Waals surface area (Å²) in [5.74, 6) is 1.04. The Bertz CT molecular complexity index is 1560. The lowest BCUT2D eigenvalue weighted by Crippen LogP contribution is -2.36. The molecule has 4 rings (SSSR count). The van der Waals surface area contributed by atoms with Gasteiger partial charge in [-0.2, -0.15) is 0 Å². The highest BCUT2D eigenvalue weighted by molar-refractivity contribution is 7.92. The van der Waals surface area contributed by atoms with E-state index in [1.165, 1.54) is 24.6 Å². The van der Waals surface area contributed by atoms with Gasteiger partial charge in [-0.15, -0.1) is 0 Å². The maximum atomic E-state index is 13.7. The van der Waals surface area contributed by atoms with Gasteiger partial charge in [0.25, 0.3) is 0 Å². The summed E-state index contributed by atoms with van der Waals surface area (Å²) in [7, 11) is 3.15. The van der Waals surface area contributed by atoms with Crippen molar-refractivity contribution in [2.45, 2.75) is 25.4 Å². The van der Waals surface area contributed by atoms with Crippen molar-refractivity contribution in [1.29, 1.82) is 0 Å². The lowest BCUT2D eigenvalue weighted by molar-refractivity contribution is -0.377. The topological polar surface area (TPSA) is 139 Å². The molecule has 0 aliphatic heterocycles. The third-order valence-electron chi connectivity index (χ3n) is 7.20. The molecule has 11 nitrogen and oxygen atoms in total. The minimum absolute atomic E-state index is 0. The highest BCUT2D eigenvalue weighted by atomic mass is 35.5. The van der Waals surface area contributed by atoms with Crippen LogP contribution in [0.5, 0.6) is 17.2 Å². The zero-order valence-corrected chi connectivity index (χ0v) is 28.2. The van der Waals surface area contributed by atoms with Gasteiger partial charge in [-0.25, -0.2) is 18.2 Å². The summed E-state index contributed by atoms with van der Waals surface area (Å²) in [6.07, 6.45) is 5.79. The summed E-state index contributed by atoms with van der Waals surface area (Å²) in [6, 6.07) is 9.90. The van der Waals surface area contributed by atoms with Crippen molar-refractivity contribution in [2.24, 2.45) is 5.92 Å². The Hall–Kier alpha value is -3.29. The van der Waals surface area contributed by atoms with Crippen LogP contribution in [-0.2, 0) is 21.2 Å². The van der Waals surface area contributed by atoms with Crippen LogP contribution in [0.15, 0.2) is 48.8 Å². The fourth-order valence-electron chi connectivity index (χ4n) is 4.55. The first-order valence-corrected chi connectivity index (χ1v) is 16.7. The van der Waals surface area contributed by atoms with Gasteiger partial charge in [-0.05, 0) is 68.8 Å². The average molecular weight is 685 g/mol. The van der Waals surface area contributed by atoms with Crippen molar-refractivity contribution in [2.75, 3.05) is 58.6 Å². The molecule has 0 radical (unpaired) electrons. The van der Waals surface area contributed by atoms with E-state index >= 15 is 0 Å². The lowest BCUT2D eigenvalue weighted by atomic mass is 10.0. The number of hydrogen-bond donors (Lipinski definition) is 0. The highest BCUT2D eigenvalue weighted by Crippen LogP contribution is 2.38. The molecule has 1 heterocycles. The molecule has 3 aromatic rings. The maximum Gasteiger partial charge on any atom is 0.338 e. The van der Waals surface area contributed by atoms with Crippen LogP contribution in [0, 0.1) is 5.92 Å². The number of nitrogens with one attached hydrogen (secondary N) is 1. The monoisotopic (exact) mass is 683 g/mol. The minimum atomic E-state index is -3.64. The second-order valence-electron chi connectivity index (χ2n) is 10.9. The van der Waals surface area contributed by atoms with Gasteiger partial charge in [0, 0.05) is 25.1 Å². The van der Waals surface area contributed by atoms with E-state index in [1.807, 2.05) is 19.0 Å². The first kappa shape index (κ1) is 36.2. The Balaban J connectivity index is 0.00000552. The number of pyridine rings is 1. The fourth-order valence-corrected chi connectivity index (χ4v) is 6.00. The molecule has 1 aliphatic carbocycles. The minimum Gasteiger partial charge on any atom is -0.870 e. The van der Waals surface area contributed by atoms with E-state index in [-0.39, 0.29) is 24.0 Å². The molecule has 14 heteroatoms. The SMILES string of the molecule is COc1ccc([C@H](Cc2c(Cl)c[nH+]cc2Cl)OC(=O)c2ccc(N(CCN(C)C)S(C)(=O)=O)c(OCC3CC3)c2)cc1OC.[OH-]. The van der Waals surface area contributed by atoms with Crippen molar-refractivity contribution in [3.63, 3.8) is 0 Å². The van der Waals surface area contributed by atoms with Crippen LogP contribution in [0.1, 0.15) is 40.4 Å². The smallest absolute Gasteiger partial charge is 0.338 e. The van der Waals surface area contributed by atoms with Gasteiger partial charge in [0.15, 0.2) is 23.9 Å². The number of nitrogens with zero attached hydrogens (tertiary/aromatic N) is 2. The molecule has 0 spiro atoms. The molecule has 2 aromatic carbocycles. The van der Waals surface area contributed by atoms with Gasteiger partial charge in [-0.1, -0.05) is 29.3 Å². The number of esters is 1. The molecule has 246 valence electrons. The number of likely N-dealkylation sites (N-methyl/N-ethyl adjacent to an activating group) is 1. The largest absolute Gasteiger partial charge is 0.870 e. The molecule has 0 unspecified atom stereocenters. The first-order valence-electron chi connectivity index (χ1n) is 14.1. The first-order chi connectivity index (χ1) is 20.9.